The molecule has 4 heteroatoms. The molecule has 0 heterocycles. The lowest BCUT2D eigenvalue weighted by Gasteiger charge is -2.00. The molecule has 66 valence electrons. The van der Waals surface area contributed by atoms with E-state index in [0.717, 1.165) is 5.56 Å². The van der Waals surface area contributed by atoms with E-state index in [1.54, 1.807) is 24.3 Å². The Morgan fingerprint density at radius 2 is 1.83 bits per heavy atom. The number of rotatable bonds is 3. The molecule has 0 atom stereocenters. The van der Waals surface area contributed by atoms with E-state index in [-0.39, 0.29) is 0 Å². The number of halogens is 2. The summed E-state index contributed by atoms with van der Waals surface area (Å²) in [6, 6.07) is 6.81. The lowest BCUT2D eigenvalue weighted by atomic mass is 10.2. The van der Waals surface area contributed by atoms with Gasteiger partial charge in [0.15, 0.2) is 0 Å². The molecule has 0 unspecified atom stereocenters. The fraction of sp³-hybridized carbons (Fsp3) is 0.250. The first-order valence-corrected chi connectivity index (χ1v) is 4.34. The van der Waals surface area contributed by atoms with Gasteiger partial charge >= 0.3 is 0 Å². The Bertz CT molecular complexity index is 235. The largest absolute Gasteiger partial charge is 0.326 e. The van der Waals surface area contributed by atoms with Crippen molar-refractivity contribution in [2.45, 2.75) is 17.2 Å². The summed E-state index contributed by atoms with van der Waals surface area (Å²) in [5.41, 5.74) is 6.30. The lowest BCUT2D eigenvalue weighted by molar-refractivity contribution is 0.252. The molecule has 0 bridgehead atoms. The van der Waals surface area contributed by atoms with Crippen molar-refractivity contribution in [1.82, 2.24) is 0 Å². The van der Waals surface area contributed by atoms with Gasteiger partial charge in [-0.05, 0) is 17.7 Å². The van der Waals surface area contributed by atoms with Gasteiger partial charge in [0.1, 0.15) is 0 Å². The smallest absolute Gasteiger partial charge is 0.288 e. The van der Waals surface area contributed by atoms with Crippen molar-refractivity contribution in [1.29, 1.82) is 0 Å². The van der Waals surface area contributed by atoms with Gasteiger partial charge in [0.05, 0.1) is 0 Å². The molecule has 1 rings (SSSR count). The topological polar surface area (TPSA) is 26.0 Å². The van der Waals surface area contributed by atoms with Crippen molar-refractivity contribution < 1.29 is 8.78 Å². The van der Waals surface area contributed by atoms with E-state index in [1.807, 2.05) is 0 Å². The van der Waals surface area contributed by atoms with Gasteiger partial charge in [-0.15, -0.1) is 0 Å². The second-order valence-corrected chi connectivity index (χ2v) is 3.29. The quantitative estimate of drug-likeness (QED) is 0.739. The summed E-state index contributed by atoms with van der Waals surface area (Å²) in [6.07, 6.45) is 0. The van der Waals surface area contributed by atoms with Crippen LogP contribution in [0.1, 0.15) is 5.56 Å². The molecule has 0 saturated heterocycles. The average Bonchev–Trinajstić information content (AvgIpc) is 2.05. The van der Waals surface area contributed by atoms with Gasteiger partial charge in [-0.25, -0.2) is 0 Å². The fourth-order valence-corrected chi connectivity index (χ4v) is 1.31. The van der Waals surface area contributed by atoms with Crippen molar-refractivity contribution in [3.8, 4) is 0 Å². The van der Waals surface area contributed by atoms with Gasteiger partial charge in [0.25, 0.3) is 5.76 Å². The maximum atomic E-state index is 11.8. The van der Waals surface area contributed by atoms with Crippen LogP contribution >= 0.6 is 11.8 Å². The first-order chi connectivity index (χ1) is 5.72. The summed E-state index contributed by atoms with van der Waals surface area (Å²) in [7, 11) is 0. The van der Waals surface area contributed by atoms with Crippen LogP contribution in [0, 0.1) is 0 Å². The molecule has 0 fully saturated rings. The third-order valence-corrected chi connectivity index (χ3v) is 2.11. The number of hydrogen-bond acceptors (Lipinski definition) is 2. The molecule has 0 amide bonds. The molecule has 0 aliphatic rings. The average molecular weight is 189 g/mol. The Hall–Kier alpha value is -0.610. The molecule has 2 N–H and O–H groups in total. The van der Waals surface area contributed by atoms with Crippen LogP contribution in [0.5, 0.6) is 0 Å². The Kier molecular flexibility index (Phi) is 3.49. The summed E-state index contributed by atoms with van der Waals surface area (Å²) >= 11 is 0.543. The molecule has 1 aromatic carbocycles. The minimum atomic E-state index is -2.35. The first kappa shape index (κ1) is 9.48. The molecule has 0 aliphatic heterocycles. The van der Waals surface area contributed by atoms with Gasteiger partial charge in [-0.1, -0.05) is 23.9 Å². The molecule has 0 aromatic heterocycles. The molecule has 12 heavy (non-hydrogen) atoms. The fourth-order valence-electron chi connectivity index (χ4n) is 0.807. The maximum Gasteiger partial charge on any atom is 0.288 e. The lowest BCUT2D eigenvalue weighted by Crippen LogP contribution is -1.95. The van der Waals surface area contributed by atoms with E-state index in [2.05, 4.69) is 0 Å². The summed E-state index contributed by atoms with van der Waals surface area (Å²) < 4.78 is 23.7. The van der Waals surface area contributed by atoms with E-state index in [9.17, 15) is 8.78 Å². The number of hydrogen-bond donors (Lipinski definition) is 1. The molecule has 0 radical (unpaired) electrons. The Balaban J connectivity index is 2.65. The van der Waals surface area contributed by atoms with E-state index >= 15 is 0 Å². The van der Waals surface area contributed by atoms with E-state index in [4.69, 9.17) is 5.73 Å². The standard InChI is InChI=1S/C8H9F2NS/c9-8(10)12-7-3-1-6(5-11)2-4-7/h1-4,8H,5,11H2. The van der Waals surface area contributed by atoms with Crippen molar-refractivity contribution in [3.63, 3.8) is 0 Å². The van der Waals surface area contributed by atoms with Gasteiger partial charge in [0.2, 0.25) is 0 Å². The van der Waals surface area contributed by atoms with Crippen LogP contribution in [0.25, 0.3) is 0 Å². The molecular weight excluding hydrogens is 180 g/mol. The van der Waals surface area contributed by atoms with Crippen LogP contribution in [-0.4, -0.2) is 5.76 Å². The highest BCUT2D eigenvalue weighted by Crippen LogP contribution is 2.24. The number of thioether (sulfide) groups is 1. The van der Waals surface area contributed by atoms with Crippen molar-refractivity contribution >= 4 is 11.8 Å². The third-order valence-electron chi connectivity index (χ3n) is 1.38. The molecule has 0 spiro atoms. The van der Waals surface area contributed by atoms with Gasteiger partial charge in [0, 0.05) is 11.4 Å². The highest BCUT2D eigenvalue weighted by molar-refractivity contribution is 7.99. The summed E-state index contributed by atoms with van der Waals surface area (Å²) in [6.45, 7) is 0.444. The van der Waals surface area contributed by atoms with Crippen molar-refractivity contribution in [3.05, 3.63) is 29.8 Å². The molecule has 1 aromatic rings. The minimum absolute atomic E-state index is 0.444. The second kappa shape index (κ2) is 4.42. The zero-order chi connectivity index (χ0) is 8.97. The molecule has 0 saturated carbocycles. The van der Waals surface area contributed by atoms with Crippen LogP contribution < -0.4 is 5.73 Å². The minimum Gasteiger partial charge on any atom is -0.326 e. The molecule has 1 nitrogen and oxygen atoms in total. The predicted molar refractivity (Wildman–Crippen MR) is 46.2 cm³/mol. The second-order valence-electron chi connectivity index (χ2n) is 2.23. The van der Waals surface area contributed by atoms with E-state index in [1.165, 1.54) is 0 Å². The maximum absolute atomic E-state index is 11.8. The SMILES string of the molecule is NCc1ccc(SC(F)F)cc1. The number of alkyl halides is 2. The van der Waals surface area contributed by atoms with Crippen LogP contribution in [-0.2, 0) is 6.54 Å². The highest BCUT2D eigenvalue weighted by Gasteiger charge is 2.03. The normalized spacial score (nSPS) is 10.7. The van der Waals surface area contributed by atoms with Crippen LogP contribution in [0.3, 0.4) is 0 Å². The van der Waals surface area contributed by atoms with E-state index in [0.29, 0.717) is 23.2 Å². The Morgan fingerprint density at radius 1 is 1.25 bits per heavy atom. The third kappa shape index (κ3) is 2.79. The Labute approximate surface area is 74.0 Å². The van der Waals surface area contributed by atoms with Crippen LogP contribution in [0.4, 0.5) is 8.78 Å². The van der Waals surface area contributed by atoms with Gasteiger partial charge in [-0.2, -0.15) is 8.78 Å². The monoisotopic (exact) mass is 189 g/mol. The van der Waals surface area contributed by atoms with Gasteiger partial charge in [-0.3, -0.25) is 0 Å². The van der Waals surface area contributed by atoms with Crippen LogP contribution in [0.15, 0.2) is 29.2 Å². The van der Waals surface area contributed by atoms with E-state index < -0.39 is 5.76 Å². The highest BCUT2D eigenvalue weighted by atomic mass is 32.2. The summed E-state index contributed by atoms with van der Waals surface area (Å²) in [5.74, 6) is -2.35. The Morgan fingerprint density at radius 3 is 2.25 bits per heavy atom. The number of benzene rings is 1. The summed E-state index contributed by atoms with van der Waals surface area (Å²) in [4.78, 5) is 0.571. The number of nitrogens with two attached hydrogens (primary N) is 1. The molecule has 0 aliphatic carbocycles. The van der Waals surface area contributed by atoms with Gasteiger partial charge < -0.3 is 5.73 Å². The molecular formula is C8H9F2NS. The first-order valence-electron chi connectivity index (χ1n) is 3.46. The zero-order valence-corrected chi connectivity index (χ0v) is 7.15. The zero-order valence-electron chi connectivity index (χ0n) is 6.34. The van der Waals surface area contributed by atoms with Crippen molar-refractivity contribution in [2.75, 3.05) is 0 Å². The summed E-state index contributed by atoms with van der Waals surface area (Å²) in [5, 5.41) is 0. The van der Waals surface area contributed by atoms with Crippen LogP contribution in [0.2, 0.25) is 0 Å². The van der Waals surface area contributed by atoms with Crippen molar-refractivity contribution in [2.24, 2.45) is 5.73 Å². The predicted octanol–water partition coefficient (Wildman–Crippen LogP) is 2.46.